The molecule has 1 saturated carbocycles. The molecule has 1 fully saturated rings. The second kappa shape index (κ2) is 5.82. The zero-order valence-corrected chi connectivity index (χ0v) is 12.3. The number of hydrogen-bond acceptors (Lipinski definition) is 3. The molecule has 1 amide bonds. The lowest BCUT2D eigenvalue weighted by Crippen LogP contribution is -2.50. The minimum absolute atomic E-state index is 0.0154. The average molecular weight is 283 g/mol. The number of aromatic nitrogens is 1. The van der Waals surface area contributed by atoms with Crippen LogP contribution in [0.25, 0.3) is 10.9 Å². The highest BCUT2D eigenvalue weighted by Gasteiger charge is 2.29. The first-order chi connectivity index (χ1) is 10.2. The summed E-state index contributed by atoms with van der Waals surface area (Å²) in [6.07, 6.45) is 6.02. The quantitative estimate of drug-likeness (QED) is 0.921. The van der Waals surface area contributed by atoms with Crippen molar-refractivity contribution >= 4 is 16.8 Å². The van der Waals surface area contributed by atoms with Crippen LogP contribution in [0.5, 0.6) is 0 Å². The van der Waals surface area contributed by atoms with Crippen molar-refractivity contribution in [3.05, 3.63) is 42.1 Å². The van der Waals surface area contributed by atoms with Crippen molar-refractivity contribution in [2.75, 3.05) is 7.05 Å². The summed E-state index contributed by atoms with van der Waals surface area (Å²) in [5, 5.41) is 0.990. The number of fused-ring (bicyclic) bond motifs is 1. The van der Waals surface area contributed by atoms with Crippen LogP contribution in [0, 0.1) is 0 Å². The molecule has 2 unspecified atom stereocenters. The standard InChI is InChI=1S/C17H21N3O/c1-20(15-10-3-2-9-14(15)18)17(21)13-8-4-6-12-7-5-11-19-16(12)13/h4-8,11,14-15H,2-3,9-10,18H2,1H3. The molecular weight excluding hydrogens is 262 g/mol. The molecule has 110 valence electrons. The van der Waals surface area contributed by atoms with E-state index in [-0.39, 0.29) is 18.0 Å². The van der Waals surface area contributed by atoms with E-state index in [9.17, 15) is 4.79 Å². The first-order valence-corrected chi connectivity index (χ1v) is 7.55. The van der Waals surface area contributed by atoms with Gasteiger partial charge in [0.2, 0.25) is 0 Å². The molecule has 1 aliphatic carbocycles. The zero-order chi connectivity index (χ0) is 14.8. The maximum Gasteiger partial charge on any atom is 0.256 e. The van der Waals surface area contributed by atoms with Crippen LogP contribution in [0.1, 0.15) is 36.0 Å². The van der Waals surface area contributed by atoms with Gasteiger partial charge < -0.3 is 10.6 Å². The van der Waals surface area contributed by atoms with E-state index in [0.29, 0.717) is 5.56 Å². The number of likely N-dealkylation sites (N-methyl/N-ethyl adjacent to an activating group) is 1. The average Bonchev–Trinajstić information content (AvgIpc) is 2.53. The molecule has 2 N–H and O–H groups in total. The molecule has 1 heterocycles. The second-order valence-corrected chi connectivity index (χ2v) is 5.81. The number of rotatable bonds is 2. The van der Waals surface area contributed by atoms with E-state index in [1.807, 2.05) is 42.3 Å². The van der Waals surface area contributed by atoms with Gasteiger partial charge in [-0.1, -0.05) is 31.0 Å². The Morgan fingerprint density at radius 3 is 2.81 bits per heavy atom. The van der Waals surface area contributed by atoms with Gasteiger partial charge in [0.25, 0.3) is 5.91 Å². The van der Waals surface area contributed by atoms with Gasteiger partial charge in [0.05, 0.1) is 11.1 Å². The van der Waals surface area contributed by atoms with E-state index < -0.39 is 0 Å². The summed E-state index contributed by atoms with van der Waals surface area (Å²) in [6.45, 7) is 0. The fourth-order valence-corrected chi connectivity index (χ4v) is 3.24. The van der Waals surface area contributed by atoms with Crippen LogP contribution in [0.2, 0.25) is 0 Å². The second-order valence-electron chi connectivity index (χ2n) is 5.81. The number of hydrogen-bond donors (Lipinski definition) is 1. The topological polar surface area (TPSA) is 59.2 Å². The molecule has 1 aromatic heterocycles. The summed E-state index contributed by atoms with van der Waals surface area (Å²) < 4.78 is 0. The van der Waals surface area contributed by atoms with Crippen molar-refractivity contribution in [3.8, 4) is 0 Å². The lowest BCUT2D eigenvalue weighted by Gasteiger charge is -2.36. The smallest absolute Gasteiger partial charge is 0.256 e. The van der Waals surface area contributed by atoms with Gasteiger partial charge in [-0.25, -0.2) is 0 Å². The Morgan fingerprint density at radius 2 is 2.00 bits per heavy atom. The largest absolute Gasteiger partial charge is 0.337 e. The molecule has 21 heavy (non-hydrogen) atoms. The molecule has 0 aliphatic heterocycles. The van der Waals surface area contributed by atoms with Crippen LogP contribution in [-0.2, 0) is 0 Å². The number of carbonyl (C=O) groups excluding carboxylic acids is 1. The summed E-state index contributed by atoms with van der Waals surface area (Å²) >= 11 is 0. The lowest BCUT2D eigenvalue weighted by molar-refractivity contribution is 0.0674. The number of nitrogens with two attached hydrogens (primary N) is 1. The van der Waals surface area contributed by atoms with Crippen molar-refractivity contribution in [2.24, 2.45) is 5.73 Å². The first kappa shape index (κ1) is 14.0. The van der Waals surface area contributed by atoms with Gasteiger partial charge in [0, 0.05) is 30.7 Å². The third-order valence-corrected chi connectivity index (χ3v) is 4.46. The highest BCUT2D eigenvalue weighted by molar-refractivity contribution is 6.05. The summed E-state index contributed by atoms with van der Waals surface area (Å²) in [5.74, 6) is 0.0154. The van der Waals surface area contributed by atoms with Gasteiger partial charge in [0.15, 0.2) is 0 Å². The third kappa shape index (κ3) is 2.63. The molecule has 0 radical (unpaired) electrons. The SMILES string of the molecule is CN(C(=O)c1cccc2cccnc12)C1CCCCC1N. The van der Waals surface area contributed by atoms with Gasteiger partial charge in [0.1, 0.15) is 0 Å². The van der Waals surface area contributed by atoms with Crippen LogP contribution in [0.15, 0.2) is 36.5 Å². The summed E-state index contributed by atoms with van der Waals surface area (Å²) in [5.41, 5.74) is 7.62. The van der Waals surface area contributed by atoms with E-state index in [1.165, 1.54) is 0 Å². The van der Waals surface area contributed by atoms with Gasteiger partial charge in [-0.2, -0.15) is 0 Å². The predicted molar refractivity (Wildman–Crippen MR) is 84.1 cm³/mol. The minimum Gasteiger partial charge on any atom is -0.337 e. The fraction of sp³-hybridized carbons (Fsp3) is 0.412. The van der Waals surface area contributed by atoms with Crippen molar-refractivity contribution in [2.45, 2.75) is 37.8 Å². The van der Waals surface area contributed by atoms with E-state index in [0.717, 1.165) is 36.6 Å². The van der Waals surface area contributed by atoms with E-state index >= 15 is 0 Å². The van der Waals surface area contributed by atoms with Gasteiger partial charge >= 0.3 is 0 Å². The summed E-state index contributed by atoms with van der Waals surface area (Å²) in [6, 6.07) is 9.81. The maximum atomic E-state index is 12.8. The number of para-hydroxylation sites is 1. The van der Waals surface area contributed by atoms with Crippen molar-refractivity contribution in [1.29, 1.82) is 0 Å². The summed E-state index contributed by atoms with van der Waals surface area (Å²) in [7, 11) is 1.86. The Kier molecular flexibility index (Phi) is 3.88. The van der Waals surface area contributed by atoms with Gasteiger partial charge in [-0.15, -0.1) is 0 Å². The highest BCUT2D eigenvalue weighted by Crippen LogP contribution is 2.24. The normalized spacial score (nSPS) is 22.2. The van der Waals surface area contributed by atoms with E-state index in [2.05, 4.69) is 4.98 Å². The zero-order valence-electron chi connectivity index (χ0n) is 12.3. The Hall–Kier alpha value is -1.94. The Bertz CT molecular complexity index is 650. The number of nitrogens with zero attached hydrogens (tertiary/aromatic N) is 2. The van der Waals surface area contributed by atoms with Crippen LogP contribution in [-0.4, -0.2) is 34.9 Å². The molecule has 0 saturated heterocycles. The molecule has 3 rings (SSSR count). The Morgan fingerprint density at radius 1 is 1.24 bits per heavy atom. The molecule has 2 atom stereocenters. The van der Waals surface area contributed by atoms with Crippen molar-refractivity contribution in [3.63, 3.8) is 0 Å². The number of carbonyl (C=O) groups is 1. The van der Waals surface area contributed by atoms with Crippen molar-refractivity contribution < 1.29 is 4.79 Å². The van der Waals surface area contributed by atoms with Crippen LogP contribution in [0.4, 0.5) is 0 Å². The first-order valence-electron chi connectivity index (χ1n) is 7.55. The summed E-state index contributed by atoms with van der Waals surface area (Å²) in [4.78, 5) is 19.0. The molecule has 4 nitrogen and oxygen atoms in total. The Labute approximate surface area is 125 Å². The van der Waals surface area contributed by atoms with Crippen LogP contribution in [0.3, 0.4) is 0 Å². The van der Waals surface area contributed by atoms with E-state index in [4.69, 9.17) is 5.73 Å². The molecular formula is C17H21N3O. The van der Waals surface area contributed by atoms with E-state index in [1.54, 1.807) is 6.20 Å². The maximum absolute atomic E-state index is 12.8. The van der Waals surface area contributed by atoms with Crippen LogP contribution < -0.4 is 5.73 Å². The number of amides is 1. The monoisotopic (exact) mass is 283 g/mol. The molecule has 4 heteroatoms. The van der Waals surface area contributed by atoms with Gasteiger partial charge in [-0.05, 0) is 25.0 Å². The number of pyridine rings is 1. The highest BCUT2D eigenvalue weighted by atomic mass is 16.2. The van der Waals surface area contributed by atoms with Crippen molar-refractivity contribution in [1.82, 2.24) is 9.88 Å². The number of benzene rings is 1. The molecule has 1 aromatic carbocycles. The minimum atomic E-state index is 0.0154. The molecule has 2 aromatic rings. The van der Waals surface area contributed by atoms with Gasteiger partial charge in [-0.3, -0.25) is 9.78 Å². The fourth-order valence-electron chi connectivity index (χ4n) is 3.24. The predicted octanol–water partition coefficient (Wildman–Crippen LogP) is 2.58. The lowest BCUT2D eigenvalue weighted by atomic mass is 9.89. The molecule has 0 spiro atoms. The molecule has 1 aliphatic rings. The Balaban J connectivity index is 1.93. The van der Waals surface area contributed by atoms with Crippen LogP contribution >= 0.6 is 0 Å². The third-order valence-electron chi connectivity index (χ3n) is 4.46. The molecule has 0 bridgehead atoms.